The summed E-state index contributed by atoms with van der Waals surface area (Å²) in [4.78, 5) is 2.67. The van der Waals surface area contributed by atoms with Crippen molar-refractivity contribution in [2.45, 2.75) is 46.2 Å². The molecule has 1 aromatic rings. The second-order valence-electron chi connectivity index (χ2n) is 7.49. The quantitative estimate of drug-likeness (QED) is 0.858. The van der Waals surface area contributed by atoms with Crippen LogP contribution in [0.1, 0.15) is 44.2 Å². The van der Waals surface area contributed by atoms with Gasteiger partial charge in [0.05, 0.1) is 0 Å². The molecule has 1 aliphatic heterocycles. The molecular weight excluding hydrogens is 256 g/mol. The Bertz CT molecular complexity index is 425. The van der Waals surface area contributed by atoms with Gasteiger partial charge in [-0.25, -0.2) is 0 Å². The van der Waals surface area contributed by atoms with Gasteiger partial charge in [-0.15, -0.1) is 0 Å². The number of benzene rings is 1. The van der Waals surface area contributed by atoms with Crippen molar-refractivity contribution in [3.63, 3.8) is 0 Å². The number of nitrogens with zero attached hydrogens (tertiary/aromatic N) is 1. The zero-order valence-corrected chi connectivity index (χ0v) is 13.6. The number of hydrogen-bond donors (Lipinski definition) is 1. The summed E-state index contributed by atoms with van der Waals surface area (Å²) in [5, 5.41) is 3.51. The molecule has 1 aliphatic carbocycles. The molecule has 1 heterocycles. The number of likely N-dealkylation sites (tertiary alicyclic amines) is 1. The van der Waals surface area contributed by atoms with Gasteiger partial charge in [-0.1, -0.05) is 44.5 Å². The molecule has 2 atom stereocenters. The fourth-order valence-electron chi connectivity index (χ4n) is 3.99. The summed E-state index contributed by atoms with van der Waals surface area (Å²) in [5.74, 6) is 2.73. The molecule has 0 radical (unpaired) electrons. The third-order valence-electron chi connectivity index (χ3n) is 5.11. The van der Waals surface area contributed by atoms with E-state index in [2.05, 4.69) is 48.3 Å². The van der Waals surface area contributed by atoms with Crippen molar-refractivity contribution in [2.24, 2.45) is 17.8 Å². The minimum atomic E-state index is 0.721. The van der Waals surface area contributed by atoms with Gasteiger partial charge >= 0.3 is 0 Å². The van der Waals surface area contributed by atoms with E-state index in [1.165, 1.54) is 43.5 Å². The SMILES string of the molecule is CC(C)CNCc1ccc(CN2CC3CCCC3C2)cc1. The maximum atomic E-state index is 3.51. The van der Waals surface area contributed by atoms with E-state index in [0.717, 1.165) is 37.4 Å². The van der Waals surface area contributed by atoms with Crippen LogP contribution in [0.5, 0.6) is 0 Å². The molecule has 2 heteroatoms. The normalized spacial score (nSPS) is 25.7. The van der Waals surface area contributed by atoms with Crippen LogP contribution in [-0.4, -0.2) is 24.5 Å². The highest BCUT2D eigenvalue weighted by molar-refractivity contribution is 5.22. The number of nitrogens with one attached hydrogen (secondary N) is 1. The molecule has 0 spiro atoms. The van der Waals surface area contributed by atoms with Crippen LogP contribution >= 0.6 is 0 Å². The maximum Gasteiger partial charge on any atom is 0.0233 e. The Morgan fingerprint density at radius 1 is 1.05 bits per heavy atom. The number of hydrogen-bond acceptors (Lipinski definition) is 2. The molecule has 0 aromatic heterocycles. The lowest BCUT2D eigenvalue weighted by molar-refractivity contribution is 0.303. The fraction of sp³-hybridized carbons (Fsp3) is 0.684. The molecule has 3 rings (SSSR count). The Morgan fingerprint density at radius 3 is 2.29 bits per heavy atom. The van der Waals surface area contributed by atoms with Gasteiger partial charge in [-0.2, -0.15) is 0 Å². The van der Waals surface area contributed by atoms with Gasteiger partial charge in [0, 0.05) is 26.2 Å². The summed E-state index contributed by atoms with van der Waals surface area (Å²) in [6.07, 6.45) is 4.42. The highest BCUT2D eigenvalue weighted by Crippen LogP contribution is 2.38. The Kier molecular flexibility index (Phi) is 4.97. The molecule has 116 valence electrons. The highest BCUT2D eigenvalue weighted by Gasteiger charge is 2.35. The third kappa shape index (κ3) is 4.08. The summed E-state index contributed by atoms with van der Waals surface area (Å²) in [6, 6.07) is 9.22. The smallest absolute Gasteiger partial charge is 0.0233 e. The Balaban J connectivity index is 1.46. The summed E-state index contributed by atoms with van der Waals surface area (Å²) < 4.78 is 0. The first-order valence-corrected chi connectivity index (χ1v) is 8.71. The van der Waals surface area contributed by atoms with Gasteiger partial charge in [-0.3, -0.25) is 4.90 Å². The monoisotopic (exact) mass is 286 g/mol. The van der Waals surface area contributed by atoms with Crippen LogP contribution in [0.2, 0.25) is 0 Å². The topological polar surface area (TPSA) is 15.3 Å². The average molecular weight is 286 g/mol. The van der Waals surface area contributed by atoms with Crippen molar-refractivity contribution < 1.29 is 0 Å². The van der Waals surface area contributed by atoms with E-state index >= 15 is 0 Å². The lowest BCUT2D eigenvalue weighted by atomic mass is 10.0. The second-order valence-corrected chi connectivity index (χ2v) is 7.49. The molecule has 2 unspecified atom stereocenters. The first-order valence-electron chi connectivity index (χ1n) is 8.71. The maximum absolute atomic E-state index is 3.51. The summed E-state index contributed by atoms with van der Waals surface area (Å²) in [6.45, 7) is 10.4. The minimum Gasteiger partial charge on any atom is -0.312 e. The van der Waals surface area contributed by atoms with Gasteiger partial charge in [0.1, 0.15) is 0 Å². The van der Waals surface area contributed by atoms with Gasteiger partial charge in [0.15, 0.2) is 0 Å². The van der Waals surface area contributed by atoms with Crippen LogP contribution in [0.15, 0.2) is 24.3 Å². The molecule has 21 heavy (non-hydrogen) atoms. The molecule has 1 saturated heterocycles. The molecule has 2 fully saturated rings. The molecule has 1 aromatic carbocycles. The van der Waals surface area contributed by atoms with Crippen LogP contribution in [0, 0.1) is 17.8 Å². The molecule has 2 aliphatic rings. The molecular formula is C19H30N2. The van der Waals surface area contributed by atoms with Crippen molar-refractivity contribution in [1.82, 2.24) is 10.2 Å². The van der Waals surface area contributed by atoms with Crippen molar-refractivity contribution in [3.8, 4) is 0 Å². The van der Waals surface area contributed by atoms with E-state index in [-0.39, 0.29) is 0 Å². The lowest BCUT2D eigenvalue weighted by Gasteiger charge is -2.17. The van der Waals surface area contributed by atoms with Crippen molar-refractivity contribution in [1.29, 1.82) is 0 Å². The number of fused-ring (bicyclic) bond motifs is 1. The molecule has 2 nitrogen and oxygen atoms in total. The van der Waals surface area contributed by atoms with E-state index in [4.69, 9.17) is 0 Å². The third-order valence-corrected chi connectivity index (χ3v) is 5.11. The molecule has 1 N–H and O–H groups in total. The largest absolute Gasteiger partial charge is 0.312 e. The predicted octanol–water partition coefficient (Wildman–Crippen LogP) is 3.66. The summed E-state index contributed by atoms with van der Waals surface area (Å²) in [5.41, 5.74) is 2.88. The number of rotatable bonds is 6. The van der Waals surface area contributed by atoms with Gasteiger partial charge in [-0.05, 0) is 48.3 Å². The van der Waals surface area contributed by atoms with E-state index in [9.17, 15) is 0 Å². The van der Waals surface area contributed by atoms with E-state index in [0.29, 0.717) is 0 Å². The van der Waals surface area contributed by atoms with E-state index in [1.807, 2.05) is 0 Å². The van der Waals surface area contributed by atoms with E-state index < -0.39 is 0 Å². The van der Waals surface area contributed by atoms with Gasteiger partial charge in [0.2, 0.25) is 0 Å². The fourth-order valence-corrected chi connectivity index (χ4v) is 3.99. The first kappa shape index (κ1) is 15.1. The van der Waals surface area contributed by atoms with Gasteiger partial charge in [0.25, 0.3) is 0 Å². The van der Waals surface area contributed by atoms with Crippen LogP contribution in [0.3, 0.4) is 0 Å². The van der Waals surface area contributed by atoms with Crippen molar-refractivity contribution in [3.05, 3.63) is 35.4 Å². The average Bonchev–Trinajstić information content (AvgIpc) is 3.01. The van der Waals surface area contributed by atoms with Crippen LogP contribution in [0.25, 0.3) is 0 Å². The highest BCUT2D eigenvalue weighted by atomic mass is 15.2. The van der Waals surface area contributed by atoms with Crippen LogP contribution < -0.4 is 5.32 Å². The zero-order chi connectivity index (χ0) is 14.7. The van der Waals surface area contributed by atoms with E-state index in [1.54, 1.807) is 0 Å². The first-order chi connectivity index (χ1) is 10.2. The molecule has 1 saturated carbocycles. The second kappa shape index (κ2) is 6.93. The zero-order valence-electron chi connectivity index (χ0n) is 13.6. The summed E-state index contributed by atoms with van der Waals surface area (Å²) >= 11 is 0. The standard InChI is InChI=1S/C19H30N2/c1-15(2)10-20-11-16-6-8-17(9-7-16)12-21-13-18-4-3-5-19(18)14-21/h6-9,15,18-20H,3-5,10-14H2,1-2H3. The van der Waals surface area contributed by atoms with Gasteiger partial charge < -0.3 is 5.32 Å². The van der Waals surface area contributed by atoms with Crippen LogP contribution in [-0.2, 0) is 13.1 Å². The molecule has 0 amide bonds. The Labute approximate surface area is 129 Å². The minimum absolute atomic E-state index is 0.721. The van der Waals surface area contributed by atoms with Crippen LogP contribution in [0.4, 0.5) is 0 Å². The molecule has 0 bridgehead atoms. The van der Waals surface area contributed by atoms with Crippen molar-refractivity contribution >= 4 is 0 Å². The summed E-state index contributed by atoms with van der Waals surface area (Å²) in [7, 11) is 0. The lowest BCUT2D eigenvalue weighted by Crippen LogP contribution is -2.21. The Morgan fingerprint density at radius 2 is 1.67 bits per heavy atom. The predicted molar refractivity (Wildman–Crippen MR) is 89.1 cm³/mol. The van der Waals surface area contributed by atoms with Crippen molar-refractivity contribution in [2.75, 3.05) is 19.6 Å². The Hall–Kier alpha value is -0.860.